The van der Waals surface area contributed by atoms with Gasteiger partial charge in [0.25, 0.3) is 0 Å². The molecule has 0 radical (unpaired) electrons. The van der Waals surface area contributed by atoms with Crippen molar-refractivity contribution in [2.75, 3.05) is 12.4 Å². The Morgan fingerprint density at radius 1 is 1.21 bits per heavy atom. The van der Waals surface area contributed by atoms with Crippen molar-refractivity contribution in [2.24, 2.45) is 0 Å². The van der Waals surface area contributed by atoms with Gasteiger partial charge in [0.05, 0.1) is 47.4 Å². The maximum Gasteiger partial charge on any atom is 0.0994 e. The van der Waals surface area contributed by atoms with Crippen molar-refractivity contribution in [1.82, 2.24) is 0 Å². The molecular formula is C22H25NO4S. The Hall–Kier alpha value is -2.04. The molecule has 28 heavy (non-hydrogen) atoms. The summed E-state index contributed by atoms with van der Waals surface area (Å²) in [5.41, 5.74) is 3.41. The largest absolute Gasteiger partial charge is 0.394 e. The molecule has 5 nitrogen and oxygen atoms in total. The summed E-state index contributed by atoms with van der Waals surface area (Å²) >= 11 is 0. The number of hydrogen-bond donors (Lipinski definition) is 2. The van der Waals surface area contributed by atoms with Crippen LogP contribution in [0.2, 0.25) is 0 Å². The Kier molecular flexibility index (Phi) is 6.97. The maximum absolute atomic E-state index is 11.9. The summed E-state index contributed by atoms with van der Waals surface area (Å²) in [7, 11) is -0.979. The molecule has 1 aliphatic rings. The quantitative estimate of drug-likeness (QED) is 0.779. The Labute approximate surface area is 168 Å². The highest BCUT2D eigenvalue weighted by molar-refractivity contribution is 7.85. The minimum atomic E-state index is -0.979. The van der Waals surface area contributed by atoms with Crippen LogP contribution in [0.4, 0.5) is 0 Å². The Morgan fingerprint density at radius 3 is 2.61 bits per heavy atom. The van der Waals surface area contributed by atoms with E-state index in [0.717, 1.165) is 21.6 Å². The zero-order valence-corrected chi connectivity index (χ0v) is 16.7. The van der Waals surface area contributed by atoms with Crippen molar-refractivity contribution < 1.29 is 19.2 Å². The van der Waals surface area contributed by atoms with E-state index < -0.39 is 16.9 Å². The third-order valence-corrected chi connectivity index (χ3v) is 6.37. The summed E-state index contributed by atoms with van der Waals surface area (Å²) in [5, 5.41) is 28.9. The monoisotopic (exact) mass is 399 g/mol. The lowest BCUT2D eigenvalue weighted by molar-refractivity contribution is -0.113. The van der Waals surface area contributed by atoms with Crippen LogP contribution in [0.25, 0.3) is 0 Å². The number of ether oxygens (including phenoxy) is 1. The van der Waals surface area contributed by atoms with Crippen molar-refractivity contribution in [3.63, 3.8) is 0 Å². The second-order valence-electron chi connectivity index (χ2n) is 7.04. The molecule has 3 rings (SSSR count). The van der Waals surface area contributed by atoms with E-state index in [1.54, 1.807) is 6.07 Å². The highest BCUT2D eigenvalue weighted by Gasteiger charge is 2.29. The van der Waals surface area contributed by atoms with E-state index in [1.807, 2.05) is 43.3 Å². The molecule has 0 aliphatic carbocycles. The predicted octanol–water partition coefficient (Wildman–Crippen LogP) is 2.85. The molecule has 2 N–H and O–H groups in total. The van der Waals surface area contributed by atoms with Gasteiger partial charge in [-0.15, -0.1) is 0 Å². The second kappa shape index (κ2) is 9.44. The van der Waals surface area contributed by atoms with Gasteiger partial charge in [0.15, 0.2) is 0 Å². The van der Waals surface area contributed by atoms with Gasteiger partial charge < -0.3 is 14.9 Å². The molecule has 4 atom stereocenters. The third-order valence-electron chi connectivity index (χ3n) is 5.05. The number of benzene rings is 2. The fourth-order valence-corrected chi connectivity index (χ4v) is 4.31. The minimum Gasteiger partial charge on any atom is -0.394 e. The van der Waals surface area contributed by atoms with Crippen molar-refractivity contribution in [2.45, 2.75) is 49.4 Å². The van der Waals surface area contributed by atoms with Crippen LogP contribution < -0.4 is 0 Å². The zero-order valence-electron chi connectivity index (χ0n) is 15.9. The predicted molar refractivity (Wildman–Crippen MR) is 107 cm³/mol. The number of aliphatic hydroxyl groups is 2. The van der Waals surface area contributed by atoms with Crippen LogP contribution in [0, 0.1) is 11.3 Å². The molecule has 0 bridgehead atoms. The molecule has 2 unspecified atom stereocenters. The van der Waals surface area contributed by atoms with Gasteiger partial charge in [-0.25, -0.2) is 0 Å². The zero-order chi connectivity index (χ0) is 20.1. The maximum atomic E-state index is 11.9. The second-order valence-corrected chi connectivity index (χ2v) is 8.78. The van der Waals surface area contributed by atoms with Crippen LogP contribution in [-0.2, 0) is 22.0 Å². The van der Waals surface area contributed by atoms with E-state index in [9.17, 15) is 19.7 Å². The first kappa shape index (κ1) is 20.7. The molecule has 2 aromatic carbocycles. The summed E-state index contributed by atoms with van der Waals surface area (Å²) in [6.45, 7) is 1.77. The highest BCUT2D eigenvalue weighted by Crippen LogP contribution is 2.32. The summed E-state index contributed by atoms with van der Waals surface area (Å²) in [4.78, 5) is 0.806. The highest BCUT2D eigenvalue weighted by atomic mass is 32.2. The summed E-state index contributed by atoms with van der Waals surface area (Å²) in [6.07, 6.45) is 0.290. The van der Waals surface area contributed by atoms with Gasteiger partial charge in [0, 0.05) is 23.5 Å². The lowest BCUT2D eigenvalue weighted by Crippen LogP contribution is -2.33. The van der Waals surface area contributed by atoms with E-state index in [-0.39, 0.29) is 18.8 Å². The van der Waals surface area contributed by atoms with E-state index in [4.69, 9.17) is 4.74 Å². The Bertz CT molecular complexity index is 875. The molecule has 148 valence electrons. The molecule has 2 aromatic rings. The fourth-order valence-electron chi connectivity index (χ4n) is 3.54. The van der Waals surface area contributed by atoms with Crippen LogP contribution in [0.1, 0.15) is 48.1 Å². The first-order valence-electron chi connectivity index (χ1n) is 9.48. The Balaban J connectivity index is 1.83. The molecule has 1 fully saturated rings. The Morgan fingerprint density at radius 2 is 1.96 bits per heavy atom. The van der Waals surface area contributed by atoms with E-state index in [2.05, 4.69) is 6.07 Å². The number of nitriles is 1. The average molecular weight is 400 g/mol. The molecule has 0 saturated carbocycles. The van der Waals surface area contributed by atoms with Crippen molar-refractivity contribution in [3.05, 3.63) is 64.7 Å². The smallest absolute Gasteiger partial charge is 0.0994 e. The molecule has 1 heterocycles. The number of aliphatic hydroxyl groups excluding tert-OH is 2. The van der Waals surface area contributed by atoms with E-state index >= 15 is 0 Å². The topological polar surface area (TPSA) is 90.6 Å². The molecule has 1 saturated heterocycles. The SMILES string of the molecule is CCS(=O)c1ccc(Cc2cc([C@H]3C[C@@H](O)CC(CO)O3)ccc2C#N)cc1. The summed E-state index contributed by atoms with van der Waals surface area (Å²) < 4.78 is 17.8. The summed E-state index contributed by atoms with van der Waals surface area (Å²) in [6, 6.07) is 15.5. The van der Waals surface area contributed by atoms with Crippen LogP contribution in [0.15, 0.2) is 47.4 Å². The van der Waals surface area contributed by atoms with Gasteiger partial charge in [-0.3, -0.25) is 4.21 Å². The molecular weight excluding hydrogens is 374 g/mol. The van der Waals surface area contributed by atoms with Gasteiger partial charge in [-0.1, -0.05) is 31.2 Å². The van der Waals surface area contributed by atoms with Gasteiger partial charge >= 0.3 is 0 Å². The van der Waals surface area contributed by atoms with E-state index in [0.29, 0.717) is 30.6 Å². The van der Waals surface area contributed by atoms with Crippen LogP contribution in [0.5, 0.6) is 0 Å². The van der Waals surface area contributed by atoms with Gasteiger partial charge in [-0.2, -0.15) is 5.26 Å². The first-order chi connectivity index (χ1) is 13.5. The molecule has 0 aromatic heterocycles. The minimum absolute atomic E-state index is 0.123. The van der Waals surface area contributed by atoms with E-state index in [1.165, 1.54) is 0 Å². The standard InChI is InChI=1S/C22H25NO4S/c1-2-28(26)21-7-3-15(4-8-21)9-18-10-16(5-6-17(18)13-23)22-12-19(25)11-20(14-24)27-22/h3-8,10,19-20,22,24-25H,2,9,11-12,14H2,1H3/t19-,20?,22+,28?/m0/s1. The van der Waals surface area contributed by atoms with Crippen LogP contribution >= 0.6 is 0 Å². The normalized spacial score (nSPS) is 23.1. The van der Waals surface area contributed by atoms with Gasteiger partial charge in [0.2, 0.25) is 0 Å². The number of nitrogens with zero attached hydrogens (tertiary/aromatic N) is 1. The average Bonchev–Trinajstić information content (AvgIpc) is 2.73. The number of hydrogen-bond acceptors (Lipinski definition) is 5. The lowest BCUT2D eigenvalue weighted by Gasteiger charge is -2.32. The van der Waals surface area contributed by atoms with Crippen LogP contribution in [-0.4, -0.2) is 39.0 Å². The lowest BCUT2D eigenvalue weighted by atomic mass is 9.92. The number of rotatable bonds is 6. The van der Waals surface area contributed by atoms with Crippen molar-refractivity contribution in [3.8, 4) is 6.07 Å². The van der Waals surface area contributed by atoms with Gasteiger partial charge in [-0.05, 0) is 41.3 Å². The fraction of sp³-hybridized carbons (Fsp3) is 0.409. The van der Waals surface area contributed by atoms with Gasteiger partial charge in [0.1, 0.15) is 0 Å². The van der Waals surface area contributed by atoms with Crippen LogP contribution in [0.3, 0.4) is 0 Å². The molecule has 0 amide bonds. The third kappa shape index (κ3) is 4.86. The molecule has 0 spiro atoms. The molecule has 6 heteroatoms. The molecule has 1 aliphatic heterocycles. The van der Waals surface area contributed by atoms with Crippen molar-refractivity contribution in [1.29, 1.82) is 5.26 Å². The van der Waals surface area contributed by atoms with Crippen molar-refractivity contribution >= 4 is 10.8 Å². The first-order valence-corrected chi connectivity index (χ1v) is 10.8. The summed E-state index contributed by atoms with van der Waals surface area (Å²) in [5.74, 6) is 0.585.